The normalized spacial score (nSPS) is 11.8. The molecule has 7 nitrogen and oxygen atoms in total. The van der Waals surface area contributed by atoms with Crippen molar-refractivity contribution < 1.29 is 18.8 Å². The summed E-state index contributed by atoms with van der Waals surface area (Å²) in [6.45, 7) is 1.69. The molecule has 0 bridgehead atoms. The fraction of sp³-hybridized carbons (Fsp3) is 0.200. The second kappa shape index (κ2) is 6.17. The first-order valence-corrected chi connectivity index (χ1v) is 7.57. The summed E-state index contributed by atoms with van der Waals surface area (Å²) < 4.78 is 12.2. The maximum absolute atomic E-state index is 12.2. The van der Waals surface area contributed by atoms with Crippen LogP contribution in [0.15, 0.2) is 39.8 Å². The van der Waals surface area contributed by atoms with Gasteiger partial charge >= 0.3 is 11.9 Å². The molecule has 1 amide bonds. The van der Waals surface area contributed by atoms with Gasteiger partial charge in [0.1, 0.15) is 6.54 Å². The summed E-state index contributed by atoms with van der Waals surface area (Å²) in [7, 11) is 1.32. The lowest BCUT2D eigenvalue weighted by atomic mass is 10.3. The zero-order chi connectivity index (χ0) is 16.4. The van der Waals surface area contributed by atoms with Crippen LogP contribution in [0.1, 0.15) is 16.2 Å². The number of methoxy groups -OCH3 is 1. The van der Waals surface area contributed by atoms with Crippen molar-refractivity contribution in [2.45, 2.75) is 13.5 Å². The topological polar surface area (TPSA) is 86.7 Å². The summed E-state index contributed by atoms with van der Waals surface area (Å²) in [5.74, 6) is -0.904. The first-order chi connectivity index (χ1) is 11.1. The minimum atomic E-state index is -0.546. The molecule has 8 heteroatoms. The molecule has 3 aromatic rings. The van der Waals surface area contributed by atoms with Gasteiger partial charge in [-0.15, -0.1) is 0 Å². The molecular formula is C15H13N3O4S. The number of aromatic nitrogens is 2. The van der Waals surface area contributed by atoms with E-state index in [1.165, 1.54) is 24.5 Å². The van der Waals surface area contributed by atoms with Crippen LogP contribution >= 0.6 is 11.3 Å². The van der Waals surface area contributed by atoms with Crippen molar-refractivity contribution in [1.82, 2.24) is 9.72 Å². The molecule has 3 rings (SSSR count). The van der Waals surface area contributed by atoms with Gasteiger partial charge in [0.15, 0.2) is 4.80 Å². The summed E-state index contributed by atoms with van der Waals surface area (Å²) in [4.78, 5) is 28.3. The standard InChI is InChI=1S/C15H13N3O4S/c1-9-7-11(22-17-9)14(20)16-15-18(8-13(19)21-2)10-5-3-4-6-12(10)23-15/h3-7H,8H2,1-2H3. The van der Waals surface area contributed by atoms with E-state index in [1.54, 1.807) is 11.5 Å². The minimum absolute atomic E-state index is 0.0257. The molecule has 0 atom stereocenters. The van der Waals surface area contributed by atoms with Gasteiger partial charge in [-0.3, -0.25) is 9.59 Å². The van der Waals surface area contributed by atoms with Crippen LogP contribution in [0.3, 0.4) is 0 Å². The van der Waals surface area contributed by atoms with Crippen molar-refractivity contribution in [2.24, 2.45) is 4.99 Å². The number of benzene rings is 1. The molecule has 1 aromatic carbocycles. The molecule has 0 aliphatic rings. The number of carbonyl (C=O) groups is 2. The number of hydrogen-bond acceptors (Lipinski definition) is 6. The number of nitrogens with zero attached hydrogens (tertiary/aromatic N) is 3. The van der Waals surface area contributed by atoms with E-state index in [9.17, 15) is 9.59 Å². The predicted octanol–water partition coefficient (Wildman–Crippen LogP) is 1.91. The van der Waals surface area contributed by atoms with E-state index in [1.807, 2.05) is 24.3 Å². The van der Waals surface area contributed by atoms with Gasteiger partial charge in [0.05, 0.1) is 23.0 Å². The Morgan fingerprint density at radius 3 is 2.87 bits per heavy atom. The van der Waals surface area contributed by atoms with Gasteiger partial charge in [-0.1, -0.05) is 28.6 Å². The first kappa shape index (κ1) is 15.2. The molecule has 0 radical (unpaired) electrons. The van der Waals surface area contributed by atoms with E-state index >= 15 is 0 Å². The van der Waals surface area contributed by atoms with E-state index in [2.05, 4.69) is 10.1 Å². The Morgan fingerprint density at radius 1 is 1.39 bits per heavy atom. The molecule has 23 heavy (non-hydrogen) atoms. The third-order valence-corrected chi connectivity index (χ3v) is 4.20. The first-order valence-electron chi connectivity index (χ1n) is 6.76. The van der Waals surface area contributed by atoms with Crippen LogP contribution < -0.4 is 4.80 Å². The summed E-state index contributed by atoms with van der Waals surface area (Å²) in [5.41, 5.74) is 1.41. The lowest BCUT2D eigenvalue weighted by Crippen LogP contribution is -2.22. The third-order valence-electron chi connectivity index (χ3n) is 3.14. The smallest absolute Gasteiger partial charge is 0.325 e. The zero-order valence-corrected chi connectivity index (χ0v) is 13.3. The Hall–Kier alpha value is -2.74. The van der Waals surface area contributed by atoms with Crippen molar-refractivity contribution in [3.63, 3.8) is 0 Å². The maximum Gasteiger partial charge on any atom is 0.325 e. The van der Waals surface area contributed by atoms with Crippen molar-refractivity contribution in [3.8, 4) is 0 Å². The Kier molecular flexibility index (Phi) is 4.07. The highest BCUT2D eigenvalue weighted by molar-refractivity contribution is 7.16. The quantitative estimate of drug-likeness (QED) is 0.684. The Balaban J connectivity index is 2.12. The van der Waals surface area contributed by atoms with Crippen molar-refractivity contribution in [1.29, 1.82) is 0 Å². The Labute approximate surface area is 134 Å². The second-order valence-corrected chi connectivity index (χ2v) is 5.77. The van der Waals surface area contributed by atoms with Crippen molar-refractivity contribution in [3.05, 3.63) is 46.6 Å². The van der Waals surface area contributed by atoms with Gasteiger partial charge in [0, 0.05) is 6.07 Å². The number of thiazole rings is 1. The summed E-state index contributed by atoms with van der Waals surface area (Å²) >= 11 is 1.31. The van der Waals surface area contributed by atoms with Gasteiger partial charge in [-0.05, 0) is 19.1 Å². The average Bonchev–Trinajstić information content (AvgIpc) is 3.12. The summed E-state index contributed by atoms with van der Waals surface area (Å²) in [6, 6.07) is 9.01. The maximum atomic E-state index is 12.2. The van der Waals surface area contributed by atoms with Crippen LogP contribution in [0.4, 0.5) is 0 Å². The van der Waals surface area contributed by atoms with Crippen LogP contribution in [0.25, 0.3) is 10.2 Å². The molecule has 0 fully saturated rings. The number of aryl methyl sites for hydroxylation is 1. The van der Waals surface area contributed by atoms with Crippen molar-refractivity contribution in [2.75, 3.05) is 7.11 Å². The number of fused-ring (bicyclic) bond motifs is 1. The molecule has 2 heterocycles. The van der Waals surface area contributed by atoms with E-state index in [0.717, 1.165) is 10.2 Å². The molecule has 0 unspecified atom stereocenters. The van der Waals surface area contributed by atoms with Crippen LogP contribution in [-0.2, 0) is 16.1 Å². The van der Waals surface area contributed by atoms with E-state index in [0.29, 0.717) is 10.5 Å². The molecule has 0 aliphatic carbocycles. The van der Waals surface area contributed by atoms with Gasteiger partial charge < -0.3 is 13.8 Å². The largest absolute Gasteiger partial charge is 0.468 e. The molecule has 0 aliphatic heterocycles. The number of rotatable bonds is 3. The summed E-state index contributed by atoms with van der Waals surface area (Å²) in [5, 5.41) is 3.67. The fourth-order valence-electron chi connectivity index (χ4n) is 2.06. The zero-order valence-electron chi connectivity index (χ0n) is 12.5. The lowest BCUT2D eigenvalue weighted by molar-refractivity contribution is -0.141. The molecule has 2 aromatic heterocycles. The van der Waals surface area contributed by atoms with Crippen LogP contribution in [-0.4, -0.2) is 28.7 Å². The third kappa shape index (κ3) is 3.07. The highest BCUT2D eigenvalue weighted by atomic mass is 32.1. The van der Waals surface area contributed by atoms with E-state index in [4.69, 9.17) is 9.26 Å². The Morgan fingerprint density at radius 2 is 2.17 bits per heavy atom. The van der Waals surface area contributed by atoms with Gasteiger partial charge in [-0.2, -0.15) is 4.99 Å². The number of para-hydroxylation sites is 1. The average molecular weight is 331 g/mol. The molecule has 0 N–H and O–H groups in total. The van der Waals surface area contributed by atoms with E-state index in [-0.39, 0.29) is 12.3 Å². The van der Waals surface area contributed by atoms with Gasteiger partial charge in [0.2, 0.25) is 5.76 Å². The minimum Gasteiger partial charge on any atom is -0.468 e. The van der Waals surface area contributed by atoms with Crippen LogP contribution in [0.5, 0.6) is 0 Å². The fourth-order valence-corrected chi connectivity index (χ4v) is 3.09. The van der Waals surface area contributed by atoms with Crippen LogP contribution in [0.2, 0.25) is 0 Å². The van der Waals surface area contributed by atoms with Gasteiger partial charge in [-0.25, -0.2) is 0 Å². The molecule has 0 saturated heterocycles. The SMILES string of the molecule is COC(=O)Cn1c(=NC(=O)c2cc(C)no2)sc2ccccc21. The predicted molar refractivity (Wildman–Crippen MR) is 83.0 cm³/mol. The molecule has 0 saturated carbocycles. The van der Waals surface area contributed by atoms with Crippen molar-refractivity contribution >= 4 is 33.4 Å². The highest BCUT2D eigenvalue weighted by Gasteiger charge is 2.14. The monoisotopic (exact) mass is 331 g/mol. The number of esters is 1. The number of amides is 1. The molecule has 118 valence electrons. The van der Waals surface area contributed by atoms with Crippen LogP contribution in [0, 0.1) is 6.92 Å². The van der Waals surface area contributed by atoms with Gasteiger partial charge in [0.25, 0.3) is 0 Å². The highest BCUT2D eigenvalue weighted by Crippen LogP contribution is 2.17. The molecule has 0 spiro atoms. The molecular weight excluding hydrogens is 318 g/mol. The Bertz CT molecular complexity index is 951. The number of carbonyl (C=O) groups excluding carboxylic acids is 2. The van der Waals surface area contributed by atoms with E-state index < -0.39 is 11.9 Å². The number of ether oxygens (including phenoxy) is 1. The lowest BCUT2D eigenvalue weighted by Gasteiger charge is -2.02. The summed E-state index contributed by atoms with van der Waals surface area (Å²) in [6.07, 6.45) is 0. The second-order valence-electron chi connectivity index (χ2n) is 4.76. The number of hydrogen-bond donors (Lipinski definition) is 0.